The topological polar surface area (TPSA) is 179 Å². The highest BCUT2D eigenvalue weighted by molar-refractivity contribution is 7.89. The van der Waals surface area contributed by atoms with Crippen LogP contribution in [-0.4, -0.2) is 94.0 Å². The van der Waals surface area contributed by atoms with E-state index in [1.54, 1.807) is 6.92 Å². The van der Waals surface area contributed by atoms with E-state index < -0.39 is 52.2 Å². The van der Waals surface area contributed by atoms with Gasteiger partial charge in [-0.2, -0.15) is 4.31 Å². The molecule has 14 heteroatoms. The Morgan fingerprint density at radius 2 is 1.83 bits per heavy atom. The van der Waals surface area contributed by atoms with Gasteiger partial charge in [0.15, 0.2) is 6.29 Å². The van der Waals surface area contributed by atoms with Gasteiger partial charge in [-0.15, -0.1) is 0 Å². The number of anilines is 1. The van der Waals surface area contributed by atoms with Crippen molar-refractivity contribution in [2.75, 3.05) is 45.2 Å². The number of hydrogen-bond acceptors (Lipinski definition) is 10. The van der Waals surface area contributed by atoms with E-state index in [0.717, 1.165) is 5.56 Å². The summed E-state index contributed by atoms with van der Waals surface area (Å²) in [7, 11) is -4.13. The molecule has 0 bridgehead atoms. The van der Waals surface area contributed by atoms with E-state index in [-0.39, 0.29) is 50.1 Å². The molecule has 46 heavy (non-hydrogen) atoms. The third-order valence-electron chi connectivity index (χ3n) is 8.17. The molecule has 0 aromatic heterocycles. The van der Waals surface area contributed by atoms with Crippen LogP contribution in [0.3, 0.4) is 0 Å². The van der Waals surface area contributed by atoms with Crippen molar-refractivity contribution < 1.29 is 42.1 Å². The molecule has 2 aliphatic rings. The third kappa shape index (κ3) is 9.79. The first kappa shape index (κ1) is 35.4. The Bertz CT molecular complexity index is 1390. The van der Waals surface area contributed by atoms with Crippen molar-refractivity contribution >= 4 is 27.9 Å². The zero-order chi connectivity index (χ0) is 33.3. The van der Waals surface area contributed by atoms with Crippen molar-refractivity contribution in [1.82, 2.24) is 14.9 Å². The van der Waals surface area contributed by atoms with Crippen molar-refractivity contribution in [2.45, 2.75) is 69.5 Å². The van der Waals surface area contributed by atoms with E-state index in [1.165, 1.54) is 28.6 Å². The molecule has 5 atom stereocenters. The summed E-state index contributed by atoms with van der Waals surface area (Å²) in [4.78, 5) is 25.0. The third-order valence-corrected chi connectivity index (χ3v) is 10.00. The average molecular weight is 663 g/mol. The van der Waals surface area contributed by atoms with E-state index in [2.05, 4.69) is 10.6 Å². The molecule has 2 amide bonds. The lowest BCUT2D eigenvalue weighted by atomic mass is 9.89. The first-order chi connectivity index (χ1) is 21.9. The molecule has 0 radical (unpaired) electrons. The molecule has 2 aromatic carbocycles. The molecule has 254 valence electrons. The van der Waals surface area contributed by atoms with Gasteiger partial charge in [-0.3, -0.25) is 0 Å². The van der Waals surface area contributed by atoms with Crippen LogP contribution in [0.25, 0.3) is 0 Å². The fourth-order valence-corrected chi connectivity index (χ4v) is 7.28. The predicted molar refractivity (Wildman–Crippen MR) is 170 cm³/mol. The zero-order valence-electron chi connectivity index (χ0n) is 26.6. The van der Waals surface area contributed by atoms with Gasteiger partial charge >= 0.3 is 12.2 Å². The quantitative estimate of drug-likeness (QED) is 0.207. The maximum Gasteiger partial charge on any atom is 0.407 e. The van der Waals surface area contributed by atoms with E-state index in [0.29, 0.717) is 25.1 Å². The van der Waals surface area contributed by atoms with E-state index >= 15 is 0 Å². The van der Waals surface area contributed by atoms with Gasteiger partial charge in [-0.1, -0.05) is 44.2 Å². The number of fused-ring (bicyclic) bond motifs is 1. The molecular formula is C32H46N4O9S. The highest BCUT2D eigenvalue weighted by Crippen LogP contribution is 2.33. The number of benzene rings is 2. The minimum absolute atomic E-state index is 0.00621. The Hall–Kier alpha value is -3.43. The highest BCUT2D eigenvalue weighted by Gasteiger charge is 2.44. The number of aliphatic hydroxyl groups excluding tert-OH is 1. The zero-order valence-corrected chi connectivity index (χ0v) is 27.4. The van der Waals surface area contributed by atoms with Gasteiger partial charge in [-0.05, 0) is 61.4 Å². The van der Waals surface area contributed by atoms with Gasteiger partial charge in [0.1, 0.15) is 6.10 Å². The lowest BCUT2D eigenvalue weighted by Crippen LogP contribution is -2.52. The lowest BCUT2D eigenvalue weighted by molar-refractivity contribution is -0.0907. The second-order valence-corrected chi connectivity index (χ2v) is 14.3. The minimum atomic E-state index is -4.13. The van der Waals surface area contributed by atoms with Crippen molar-refractivity contribution in [1.29, 1.82) is 0 Å². The summed E-state index contributed by atoms with van der Waals surface area (Å²) in [6.45, 7) is 6.36. The maximum absolute atomic E-state index is 14.0. The molecule has 0 unspecified atom stereocenters. The summed E-state index contributed by atoms with van der Waals surface area (Å²) in [6.07, 6.45) is -2.16. The van der Waals surface area contributed by atoms with Crippen molar-refractivity contribution in [2.24, 2.45) is 11.3 Å². The molecule has 2 heterocycles. The number of nitrogens with zero attached hydrogens (tertiary/aromatic N) is 1. The van der Waals surface area contributed by atoms with E-state index in [9.17, 15) is 23.1 Å². The molecule has 2 fully saturated rings. The Morgan fingerprint density at radius 1 is 1.11 bits per heavy atom. The minimum Gasteiger partial charge on any atom is -0.450 e. The highest BCUT2D eigenvalue weighted by atomic mass is 32.2. The average Bonchev–Trinajstić information content (AvgIpc) is 3.62. The fourth-order valence-electron chi connectivity index (χ4n) is 5.64. The summed E-state index contributed by atoms with van der Waals surface area (Å²) in [5.74, 6) is -0.0654. The van der Waals surface area contributed by atoms with Gasteiger partial charge in [0.25, 0.3) is 0 Å². The fraction of sp³-hybridized carbons (Fsp3) is 0.562. The summed E-state index contributed by atoms with van der Waals surface area (Å²) in [6, 6.07) is 14.2. The Balaban J connectivity index is 1.53. The number of sulfonamides is 1. The van der Waals surface area contributed by atoms with E-state index in [4.69, 9.17) is 24.7 Å². The van der Waals surface area contributed by atoms with Crippen molar-refractivity contribution in [3.05, 3.63) is 60.2 Å². The number of carbonyl (C=O) groups excluding carboxylic acids is 2. The number of alkyl carbamates (subject to hydrolysis) is 2. The smallest absolute Gasteiger partial charge is 0.407 e. The molecule has 2 aliphatic heterocycles. The van der Waals surface area contributed by atoms with Crippen LogP contribution >= 0.6 is 0 Å². The summed E-state index contributed by atoms with van der Waals surface area (Å²) in [5, 5.41) is 17.1. The number of aliphatic hydroxyl groups is 1. The molecule has 0 saturated carbocycles. The number of rotatable bonds is 15. The number of nitrogens with two attached hydrogens (primary N) is 1. The van der Waals surface area contributed by atoms with Crippen LogP contribution in [-0.2, 0) is 35.4 Å². The molecule has 13 nitrogen and oxygen atoms in total. The van der Waals surface area contributed by atoms with Crippen LogP contribution in [0.1, 0.15) is 39.2 Å². The van der Waals surface area contributed by atoms with Crippen LogP contribution in [0.4, 0.5) is 15.3 Å². The lowest BCUT2D eigenvalue weighted by Gasteiger charge is -2.35. The Labute approximate surface area is 270 Å². The van der Waals surface area contributed by atoms with Crippen LogP contribution in [0.5, 0.6) is 0 Å². The van der Waals surface area contributed by atoms with Gasteiger partial charge in [0, 0.05) is 25.3 Å². The first-order valence-electron chi connectivity index (χ1n) is 15.6. The monoisotopic (exact) mass is 662 g/mol. The van der Waals surface area contributed by atoms with Crippen LogP contribution in [0, 0.1) is 11.3 Å². The Kier molecular flexibility index (Phi) is 12.3. The predicted octanol–water partition coefficient (Wildman–Crippen LogP) is 2.88. The van der Waals surface area contributed by atoms with Crippen molar-refractivity contribution in [3.63, 3.8) is 0 Å². The second-order valence-electron chi connectivity index (χ2n) is 12.4. The molecule has 2 saturated heterocycles. The molecule has 4 rings (SSSR count). The summed E-state index contributed by atoms with van der Waals surface area (Å²) >= 11 is 0. The van der Waals surface area contributed by atoms with Crippen molar-refractivity contribution in [3.8, 4) is 0 Å². The number of nitrogen functional groups attached to an aromatic ring is 1. The molecule has 5 N–H and O–H groups in total. The number of ether oxygens (including phenoxy) is 4. The van der Waals surface area contributed by atoms with Gasteiger partial charge < -0.3 is 40.4 Å². The Morgan fingerprint density at radius 3 is 2.52 bits per heavy atom. The number of carbonyl (C=O) groups is 2. The number of nitrogens with one attached hydrogen (secondary N) is 2. The van der Waals surface area contributed by atoms with E-state index in [1.807, 2.05) is 44.2 Å². The van der Waals surface area contributed by atoms with Gasteiger partial charge in [0.2, 0.25) is 10.0 Å². The summed E-state index contributed by atoms with van der Waals surface area (Å²) in [5.41, 5.74) is 6.42. The van der Waals surface area contributed by atoms with Gasteiger partial charge in [0.05, 0.1) is 42.8 Å². The molecule has 0 spiro atoms. The molecule has 2 aromatic rings. The van der Waals surface area contributed by atoms with Crippen LogP contribution in [0.15, 0.2) is 59.5 Å². The normalized spacial score (nSPS) is 20.9. The first-order valence-corrected chi connectivity index (χ1v) is 17.0. The SMILES string of the molecule is CCOC(=O)NCCC(C)(C)CN(C[C@@H](O)[C@H](Cc1ccccc1)NC(=O)O[C@H]1CO[C@H]2OCC[C@H]21)S(=O)(=O)c1ccc(N)cc1. The standard InChI is InChI=1S/C32H46N4O9S/c1-4-42-30(38)34-16-15-32(2,3)21-36(46(40,41)24-12-10-23(33)11-13-24)19-27(37)26(18-22-8-6-5-7-9-22)35-31(39)45-28-20-44-29-25(28)14-17-43-29/h5-13,25-29,37H,4,14-21,33H2,1-3H3,(H,34,38)(H,35,39)/t25-,26-,27+,28-,29+/m0/s1. The van der Waals surface area contributed by atoms with Crippen LogP contribution in [0.2, 0.25) is 0 Å². The van der Waals surface area contributed by atoms with Gasteiger partial charge in [-0.25, -0.2) is 18.0 Å². The molecular weight excluding hydrogens is 616 g/mol. The summed E-state index contributed by atoms with van der Waals surface area (Å²) < 4.78 is 51.0. The molecule has 0 aliphatic carbocycles. The second kappa shape index (κ2) is 15.9. The van der Waals surface area contributed by atoms with Crippen LogP contribution < -0.4 is 16.4 Å². The number of amides is 2. The largest absolute Gasteiger partial charge is 0.450 e. The maximum atomic E-state index is 14.0. The number of hydrogen-bond donors (Lipinski definition) is 4.